The summed E-state index contributed by atoms with van der Waals surface area (Å²) in [6.45, 7) is 3.55. The molecule has 136 valence electrons. The van der Waals surface area contributed by atoms with Gasteiger partial charge in [0.15, 0.2) is 5.13 Å². The summed E-state index contributed by atoms with van der Waals surface area (Å²) in [4.78, 5) is 15.9. The second-order valence-corrected chi connectivity index (χ2v) is 8.36. The van der Waals surface area contributed by atoms with Gasteiger partial charge in [0.1, 0.15) is 16.5 Å². The van der Waals surface area contributed by atoms with E-state index in [-0.39, 0.29) is 22.5 Å². The van der Waals surface area contributed by atoms with E-state index >= 15 is 0 Å². The van der Waals surface area contributed by atoms with Crippen LogP contribution < -0.4 is 9.50 Å². The summed E-state index contributed by atoms with van der Waals surface area (Å²) in [5, 5.41) is 3.13. The van der Waals surface area contributed by atoms with E-state index in [1.54, 1.807) is 19.9 Å². The first-order valence-corrected chi connectivity index (χ1v) is 9.88. The van der Waals surface area contributed by atoms with Crippen molar-refractivity contribution < 1.29 is 21.8 Å². The van der Waals surface area contributed by atoms with Gasteiger partial charge in [-0.1, -0.05) is 25.2 Å². The van der Waals surface area contributed by atoms with Crippen LogP contribution >= 0.6 is 11.3 Å². The van der Waals surface area contributed by atoms with Gasteiger partial charge >= 0.3 is 10.1 Å². The number of nitrogens with zero attached hydrogens (tertiary/aromatic N) is 1. The van der Waals surface area contributed by atoms with E-state index in [2.05, 4.69) is 10.3 Å². The minimum absolute atomic E-state index is 0.104. The number of amides is 1. The molecule has 0 aliphatic heterocycles. The van der Waals surface area contributed by atoms with Crippen LogP contribution in [0.15, 0.2) is 47.4 Å². The predicted molar refractivity (Wildman–Crippen MR) is 97.3 cm³/mol. The Morgan fingerprint density at radius 1 is 1.19 bits per heavy atom. The highest BCUT2D eigenvalue weighted by atomic mass is 32.2. The largest absolute Gasteiger partial charge is 0.379 e. The zero-order chi connectivity index (χ0) is 18.9. The van der Waals surface area contributed by atoms with Crippen molar-refractivity contribution in [3.05, 3.63) is 48.3 Å². The number of anilines is 1. The number of benzene rings is 2. The van der Waals surface area contributed by atoms with Gasteiger partial charge in [0, 0.05) is 12.0 Å². The van der Waals surface area contributed by atoms with Crippen LogP contribution in [0.5, 0.6) is 5.75 Å². The van der Waals surface area contributed by atoms with Crippen molar-refractivity contribution in [1.29, 1.82) is 0 Å². The van der Waals surface area contributed by atoms with Crippen LogP contribution in [0, 0.1) is 11.7 Å². The number of nitrogens with one attached hydrogen (secondary N) is 1. The first-order chi connectivity index (χ1) is 12.2. The molecule has 1 aromatic heterocycles. The maximum atomic E-state index is 12.9. The van der Waals surface area contributed by atoms with Crippen LogP contribution in [0.2, 0.25) is 0 Å². The van der Waals surface area contributed by atoms with Gasteiger partial charge in [-0.25, -0.2) is 9.37 Å². The van der Waals surface area contributed by atoms with E-state index in [0.29, 0.717) is 15.3 Å². The fourth-order valence-electron chi connectivity index (χ4n) is 2.04. The third-order valence-electron chi connectivity index (χ3n) is 3.42. The number of carbonyl (C=O) groups is 1. The molecule has 6 nitrogen and oxygen atoms in total. The van der Waals surface area contributed by atoms with Gasteiger partial charge in [0.2, 0.25) is 5.91 Å². The Hall–Kier alpha value is -2.52. The lowest BCUT2D eigenvalue weighted by atomic mass is 10.2. The second-order valence-electron chi connectivity index (χ2n) is 5.78. The van der Waals surface area contributed by atoms with Crippen LogP contribution in [0.25, 0.3) is 10.2 Å². The average Bonchev–Trinajstić information content (AvgIpc) is 2.96. The molecule has 0 spiro atoms. The first kappa shape index (κ1) is 18.3. The summed E-state index contributed by atoms with van der Waals surface area (Å²) in [6, 6.07) is 8.96. The summed E-state index contributed by atoms with van der Waals surface area (Å²) in [6.07, 6.45) is 0. The van der Waals surface area contributed by atoms with Crippen molar-refractivity contribution in [1.82, 2.24) is 4.98 Å². The predicted octanol–water partition coefficient (Wildman–Crippen LogP) is 3.80. The molecule has 0 aliphatic carbocycles. The SMILES string of the molecule is CC(C)C(=O)Nc1nc2ccc(OS(=O)(=O)c3ccc(F)cc3)cc2s1. The van der Waals surface area contributed by atoms with E-state index in [0.717, 1.165) is 24.3 Å². The molecule has 0 radical (unpaired) electrons. The highest BCUT2D eigenvalue weighted by molar-refractivity contribution is 7.87. The molecule has 0 bridgehead atoms. The maximum Gasteiger partial charge on any atom is 0.339 e. The van der Waals surface area contributed by atoms with E-state index in [9.17, 15) is 17.6 Å². The second kappa shape index (κ2) is 7.00. The van der Waals surface area contributed by atoms with Crippen LogP contribution in [-0.2, 0) is 14.9 Å². The number of thiazole rings is 1. The molecule has 1 heterocycles. The van der Waals surface area contributed by atoms with Crippen molar-refractivity contribution in [2.24, 2.45) is 5.92 Å². The molecule has 26 heavy (non-hydrogen) atoms. The zero-order valence-corrected chi connectivity index (χ0v) is 15.5. The molecule has 0 saturated heterocycles. The third-order valence-corrected chi connectivity index (χ3v) is 5.62. The zero-order valence-electron chi connectivity index (χ0n) is 13.9. The molecule has 0 unspecified atom stereocenters. The molecule has 2 aromatic carbocycles. The van der Waals surface area contributed by atoms with Gasteiger partial charge in [-0.2, -0.15) is 8.42 Å². The standard InChI is InChI=1S/C17H15FN2O4S2/c1-10(2)16(21)20-17-19-14-8-5-12(9-15(14)25-17)24-26(22,23)13-6-3-11(18)4-7-13/h3-10H,1-2H3,(H,19,20,21). The molecule has 3 aromatic rings. The van der Waals surface area contributed by atoms with Gasteiger partial charge < -0.3 is 9.50 Å². The van der Waals surface area contributed by atoms with Crippen molar-refractivity contribution in [2.45, 2.75) is 18.7 Å². The summed E-state index contributed by atoms with van der Waals surface area (Å²) in [7, 11) is -4.07. The van der Waals surface area contributed by atoms with E-state index in [4.69, 9.17) is 4.18 Å². The summed E-state index contributed by atoms with van der Waals surface area (Å²) >= 11 is 1.21. The number of aromatic nitrogens is 1. The minimum Gasteiger partial charge on any atom is -0.379 e. The normalized spacial score (nSPS) is 11.7. The van der Waals surface area contributed by atoms with Gasteiger partial charge in [0.25, 0.3) is 0 Å². The Bertz CT molecular complexity index is 1060. The molecule has 0 fully saturated rings. The molecule has 0 saturated carbocycles. The molecule has 9 heteroatoms. The van der Waals surface area contributed by atoms with Gasteiger partial charge in [-0.3, -0.25) is 4.79 Å². The van der Waals surface area contributed by atoms with Crippen molar-refractivity contribution in [3.63, 3.8) is 0 Å². The smallest absolute Gasteiger partial charge is 0.339 e. The molecule has 1 N–H and O–H groups in total. The van der Waals surface area contributed by atoms with E-state index in [1.165, 1.54) is 23.5 Å². The lowest BCUT2D eigenvalue weighted by Crippen LogP contribution is -2.17. The average molecular weight is 394 g/mol. The Kier molecular flexibility index (Phi) is 4.92. The molecule has 0 atom stereocenters. The van der Waals surface area contributed by atoms with Gasteiger partial charge in [-0.05, 0) is 36.4 Å². The fraction of sp³-hybridized carbons (Fsp3) is 0.176. The van der Waals surface area contributed by atoms with Crippen LogP contribution in [0.1, 0.15) is 13.8 Å². The first-order valence-electron chi connectivity index (χ1n) is 7.66. The minimum atomic E-state index is -4.07. The Morgan fingerprint density at radius 2 is 1.88 bits per heavy atom. The lowest BCUT2D eigenvalue weighted by molar-refractivity contribution is -0.118. The Labute approximate surface area is 153 Å². The Balaban J connectivity index is 1.84. The van der Waals surface area contributed by atoms with Crippen molar-refractivity contribution >= 4 is 42.7 Å². The molecule has 1 amide bonds. The summed E-state index contributed by atoms with van der Waals surface area (Å²) < 4.78 is 43.2. The van der Waals surface area contributed by atoms with Crippen molar-refractivity contribution in [2.75, 3.05) is 5.32 Å². The summed E-state index contributed by atoms with van der Waals surface area (Å²) in [5.41, 5.74) is 0.612. The number of carbonyl (C=O) groups excluding carboxylic acids is 1. The number of hydrogen-bond donors (Lipinski definition) is 1. The van der Waals surface area contributed by atoms with Gasteiger partial charge in [-0.15, -0.1) is 0 Å². The van der Waals surface area contributed by atoms with E-state index < -0.39 is 15.9 Å². The molecule has 3 rings (SSSR count). The third kappa shape index (κ3) is 4.00. The fourth-order valence-corrected chi connectivity index (χ4v) is 3.86. The molecular formula is C17H15FN2O4S2. The van der Waals surface area contributed by atoms with Crippen LogP contribution in [-0.4, -0.2) is 19.3 Å². The Morgan fingerprint density at radius 3 is 2.54 bits per heavy atom. The topological polar surface area (TPSA) is 85.4 Å². The molecule has 0 aliphatic rings. The number of hydrogen-bond acceptors (Lipinski definition) is 6. The monoisotopic (exact) mass is 394 g/mol. The van der Waals surface area contributed by atoms with Crippen LogP contribution in [0.3, 0.4) is 0 Å². The highest BCUT2D eigenvalue weighted by Gasteiger charge is 2.18. The summed E-state index contributed by atoms with van der Waals surface area (Å²) in [5.74, 6) is -0.764. The number of halogens is 1. The lowest BCUT2D eigenvalue weighted by Gasteiger charge is -2.06. The quantitative estimate of drug-likeness (QED) is 0.666. The highest BCUT2D eigenvalue weighted by Crippen LogP contribution is 2.30. The maximum absolute atomic E-state index is 12.9. The number of rotatable bonds is 5. The van der Waals surface area contributed by atoms with E-state index in [1.807, 2.05) is 0 Å². The number of fused-ring (bicyclic) bond motifs is 1. The van der Waals surface area contributed by atoms with Crippen LogP contribution in [0.4, 0.5) is 9.52 Å². The molecular weight excluding hydrogens is 379 g/mol. The van der Waals surface area contributed by atoms with Gasteiger partial charge in [0.05, 0.1) is 10.2 Å². The van der Waals surface area contributed by atoms with Crippen molar-refractivity contribution in [3.8, 4) is 5.75 Å².